The molecule has 0 saturated carbocycles. The largest absolute Gasteiger partial charge is 0.469 e. The van der Waals surface area contributed by atoms with Crippen molar-refractivity contribution in [2.45, 2.75) is 4.90 Å². The molecular weight excluding hydrogens is 370 g/mol. The summed E-state index contributed by atoms with van der Waals surface area (Å²) in [7, 11) is -3.47. The van der Waals surface area contributed by atoms with Crippen LogP contribution < -0.4 is 0 Å². The van der Waals surface area contributed by atoms with E-state index in [-0.39, 0.29) is 0 Å². The molecule has 2 aliphatic heterocycles. The predicted octanol–water partition coefficient (Wildman–Crippen LogP) is 1.72. The van der Waals surface area contributed by atoms with E-state index in [1.165, 1.54) is 0 Å². The Balaban J connectivity index is 1.44. The van der Waals surface area contributed by atoms with E-state index >= 15 is 0 Å². The topological polar surface area (TPSA) is 53.1 Å². The molecule has 0 spiro atoms. The van der Waals surface area contributed by atoms with Crippen LogP contribution in [-0.4, -0.2) is 73.7 Å². The standard InChI is InChI=1S/C18H21N3O3S2/c22-26(23,17-6-5-15-3-1-2-4-16(15)13-17)21-9-7-19(8-10-21)14-20-11-12-24-18(20)25/h1-6,13H,7-12,14H2. The van der Waals surface area contributed by atoms with Crippen molar-refractivity contribution >= 4 is 38.2 Å². The highest BCUT2D eigenvalue weighted by atomic mass is 32.2. The molecule has 8 heteroatoms. The Morgan fingerprint density at radius 1 is 0.962 bits per heavy atom. The van der Waals surface area contributed by atoms with Gasteiger partial charge in [0.25, 0.3) is 5.17 Å². The normalized spacial score (nSPS) is 19.8. The SMILES string of the molecule is O=S(=O)(c1ccc2ccccc2c1)N1CCN(CN2CCOC2=S)CC1. The third-order valence-corrected chi connectivity index (χ3v) is 7.18. The van der Waals surface area contributed by atoms with Crippen molar-refractivity contribution in [3.8, 4) is 0 Å². The first-order valence-electron chi connectivity index (χ1n) is 8.67. The zero-order valence-corrected chi connectivity index (χ0v) is 16.0. The van der Waals surface area contributed by atoms with Crippen molar-refractivity contribution in [1.82, 2.24) is 14.1 Å². The number of thiocarbonyl (C=S) groups is 1. The first-order chi connectivity index (χ1) is 12.5. The highest BCUT2D eigenvalue weighted by Crippen LogP contribution is 2.23. The van der Waals surface area contributed by atoms with Gasteiger partial charge in [0.1, 0.15) is 6.61 Å². The van der Waals surface area contributed by atoms with E-state index in [9.17, 15) is 8.42 Å². The number of hydrogen-bond acceptors (Lipinski definition) is 5. The minimum absolute atomic E-state index is 0.360. The Labute approximate surface area is 159 Å². The smallest absolute Gasteiger partial charge is 0.260 e. The number of fused-ring (bicyclic) bond motifs is 1. The van der Waals surface area contributed by atoms with E-state index in [1.807, 2.05) is 35.2 Å². The summed E-state index contributed by atoms with van der Waals surface area (Å²) >= 11 is 5.16. The fourth-order valence-electron chi connectivity index (χ4n) is 3.38. The quantitative estimate of drug-likeness (QED) is 0.740. The number of rotatable bonds is 4. The van der Waals surface area contributed by atoms with Gasteiger partial charge in [-0.2, -0.15) is 4.31 Å². The molecule has 2 aromatic carbocycles. The van der Waals surface area contributed by atoms with Crippen molar-refractivity contribution in [2.75, 3.05) is 46.0 Å². The molecule has 6 nitrogen and oxygen atoms in total. The van der Waals surface area contributed by atoms with Gasteiger partial charge in [-0.3, -0.25) is 4.90 Å². The summed E-state index contributed by atoms with van der Waals surface area (Å²) in [5, 5.41) is 2.52. The Morgan fingerprint density at radius 3 is 2.38 bits per heavy atom. The van der Waals surface area contributed by atoms with Gasteiger partial charge in [0.05, 0.1) is 18.1 Å². The third kappa shape index (κ3) is 3.42. The van der Waals surface area contributed by atoms with Crippen LogP contribution in [0.25, 0.3) is 10.8 Å². The lowest BCUT2D eigenvalue weighted by molar-refractivity contribution is 0.142. The van der Waals surface area contributed by atoms with Crippen LogP contribution in [-0.2, 0) is 14.8 Å². The molecule has 0 bridgehead atoms. The number of nitrogens with zero attached hydrogens (tertiary/aromatic N) is 3. The Kier molecular flexibility index (Phi) is 4.83. The summed E-state index contributed by atoms with van der Waals surface area (Å²) in [5.41, 5.74) is 0. The highest BCUT2D eigenvalue weighted by Gasteiger charge is 2.30. The second-order valence-corrected chi connectivity index (χ2v) is 8.84. The number of piperazine rings is 1. The number of benzene rings is 2. The zero-order valence-electron chi connectivity index (χ0n) is 14.4. The van der Waals surface area contributed by atoms with Crippen LogP contribution in [0.2, 0.25) is 0 Å². The van der Waals surface area contributed by atoms with Crippen LogP contribution in [0.4, 0.5) is 0 Å². The summed E-state index contributed by atoms with van der Waals surface area (Å²) in [5.74, 6) is 0. The predicted molar refractivity (Wildman–Crippen MR) is 104 cm³/mol. The second kappa shape index (κ2) is 7.11. The summed E-state index contributed by atoms with van der Waals surface area (Å²) in [4.78, 5) is 4.59. The Hall–Kier alpha value is -1.74. The molecule has 26 heavy (non-hydrogen) atoms. The van der Waals surface area contributed by atoms with E-state index in [0.29, 0.717) is 49.5 Å². The third-order valence-electron chi connectivity index (χ3n) is 4.91. The van der Waals surface area contributed by atoms with Gasteiger partial charge in [-0.1, -0.05) is 30.3 Å². The Morgan fingerprint density at radius 2 is 1.69 bits per heavy atom. The fraction of sp³-hybridized carbons (Fsp3) is 0.389. The summed E-state index contributed by atoms with van der Waals surface area (Å²) in [6, 6.07) is 13.1. The minimum Gasteiger partial charge on any atom is -0.469 e. The molecule has 2 fully saturated rings. The van der Waals surface area contributed by atoms with Gasteiger partial charge in [-0.25, -0.2) is 8.42 Å². The lowest BCUT2D eigenvalue weighted by Gasteiger charge is -2.35. The molecule has 0 amide bonds. The van der Waals surface area contributed by atoms with Gasteiger partial charge in [0.2, 0.25) is 10.0 Å². The van der Waals surface area contributed by atoms with Crippen LogP contribution in [0, 0.1) is 0 Å². The number of hydrogen-bond donors (Lipinski definition) is 0. The van der Waals surface area contributed by atoms with Crippen LogP contribution in [0.5, 0.6) is 0 Å². The van der Waals surface area contributed by atoms with Crippen molar-refractivity contribution in [2.24, 2.45) is 0 Å². The van der Waals surface area contributed by atoms with Gasteiger partial charge in [0, 0.05) is 26.2 Å². The average molecular weight is 392 g/mol. The molecule has 0 radical (unpaired) electrons. The maximum Gasteiger partial charge on any atom is 0.260 e. The van der Waals surface area contributed by atoms with Crippen LogP contribution in [0.15, 0.2) is 47.4 Å². The van der Waals surface area contributed by atoms with Gasteiger partial charge in [0.15, 0.2) is 0 Å². The zero-order chi connectivity index (χ0) is 18.1. The maximum absolute atomic E-state index is 13.0. The van der Waals surface area contributed by atoms with Crippen LogP contribution in [0.3, 0.4) is 0 Å². The minimum atomic E-state index is -3.47. The lowest BCUT2D eigenvalue weighted by atomic mass is 10.1. The van der Waals surface area contributed by atoms with E-state index < -0.39 is 10.0 Å². The molecular formula is C18H21N3O3S2. The Bertz CT molecular complexity index is 924. The molecule has 0 atom stereocenters. The van der Waals surface area contributed by atoms with E-state index in [2.05, 4.69) is 4.90 Å². The second-order valence-electron chi connectivity index (χ2n) is 6.55. The molecule has 0 aliphatic carbocycles. The van der Waals surface area contributed by atoms with Gasteiger partial charge < -0.3 is 9.64 Å². The number of ether oxygens (including phenoxy) is 1. The summed E-state index contributed by atoms with van der Waals surface area (Å²) < 4.78 is 32.9. The molecule has 2 saturated heterocycles. The van der Waals surface area contributed by atoms with Crippen molar-refractivity contribution < 1.29 is 13.2 Å². The summed E-state index contributed by atoms with van der Waals surface area (Å²) in [6.45, 7) is 4.47. The molecule has 2 heterocycles. The molecule has 0 N–H and O–H groups in total. The maximum atomic E-state index is 13.0. The summed E-state index contributed by atoms with van der Waals surface area (Å²) in [6.07, 6.45) is 0. The van der Waals surface area contributed by atoms with Crippen molar-refractivity contribution in [1.29, 1.82) is 0 Å². The highest BCUT2D eigenvalue weighted by molar-refractivity contribution is 7.89. The van der Waals surface area contributed by atoms with Crippen molar-refractivity contribution in [3.63, 3.8) is 0 Å². The number of sulfonamides is 1. The average Bonchev–Trinajstić information content (AvgIpc) is 3.06. The molecule has 0 unspecified atom stereocenters. The molecule has 2 aromatic rings. The van der Waals surface area contributed by atoms with Gasteiger partial charge >= 0.3 is 0 Å². The molecule has 0 aromatic heterocycles. The van der Waals surface area contributed by atoms with Crippen LogP contribution in [0.1, 0.15) is 0 Å². The fourth-order valence-corrected chi connectivity index (χ4v) is 5.07. The first kappa shape index (κ1) is 17.7. The molecule has 2 aliphatic rings. The monoisotopic (exact) mass is 391 g/mol. The van der Waals surface area contributed by atoms with E-state index in [4.69, 9.17) is 17.0 Å². The van der Waals surface area contributed by atoms with Gasteiger partial charge in [-0.05, 0) is 35.1 Å². The van der Waals surface area contributed by atoms with Gasteiger partial charge in [-0.15, -0.1) is 0 Å². The lowest BCUT2D eigenvalue weighted by Crippen LogP contribution is -2.51. The van der Waals surface area contributed by atoms with Crippen molar-refractivity contribution in [3.05, 3.63) is 42.5 Å². The van der Waals surface area contributed by atoms with E-state index in [1.54, 1.807) is 16.4 Å². The van der Waals surface area contributed by atoms with E-state index in [0.717, 1.165) is 17.3 Å². The van der Waals surface area contributed by atoms with Crippen LogP contribution >= 0.6 is 12.2 Å². The molecule has 4 rings (SSSR count). The first-order valence-corrected chi connectivity index (χ1v) is 10.5. The molecule has 138 valence electrons.